The van der Waals surface area contributed by atoms with Gasteiger partial charge in [-0.05, 0) is 67.8 Å². The molecule has 1 saturated heterocycles. The number of furan rings is 1. The molecule has 1 unspecified atom stereocenters. The Morgan fingerprint density at radius 1 is 1.03 bits per heavy atom. The molecule has 166 valence electrons. The molecule has 1 fully saturated rings. The van der Waals surface area contributed by atoms with E-state index in [0.717, 1.165) is 57.7 Å². The highest BCUT2D eigenvalue weighted by atomic mass is 32.2. The Kier molecular flexibility index (Phi) is 5.24. The zero-order valence-corrected chi connectivity index (χ0v) is 18.7. The molecular weight excluding hydrogens is 436 g/mol. The van der Waals surface area contributed by atoms with Gasteiger partial charge in [0.15, 0.2) is 0 Å². The fraction of sp³-hybridized carbons (Fsp3) is 0.240. The van der Waals surface area contributed by atoms with Gasteiger partial charge in [-0.3, -0.25) is 4.79 Å². The average molecular weight is 459 g/mol. The molecule has 6 rings (SSSR count). The normalized spacial score (nSPS) is 16.5. The molecule has 33 heavy (non-hydrogen) atoms. The summed E-state index contributed by atoms with van der Waals surface area (Å²) in [6.45, 7) is 1.10. The Morgan fingerprint density at radius 2 is 1.91 bits per heavy atom. The van der Waals surface area contributed by atoms with Crippen molar-refractivity contribution in [3.8, 4) is 0 Å². The van der Waals surface area contributed by atoms with Crippen LogP contribution in [0.5, 0.6) is 0 Å². The van der Waals surface area contributed by atoms with Crippen molar-refractivity contribution in [2.45, 2.75) is 41.8 Å². The molecule has 8 heteroatoms. The third-order valence-electron chi connectivity index (χ3n) is 5.91. The summed E-state index contributed by atoms with van der Waals surface area (Å²) in [6, 6.07) is 15.9. The third-order valence-corrected chi connectivity index (χ3v) is 6.89. The largest absolute Gasteiger partial charge is 0.464 e. The molecule has 0 N–H and O–H groups in total. The van der Waals surface area contributed by atoms with Crippen LogP contribution >= 0.6 is 11.8 Å². The summed E-state index contributed by atoms with van der Waals surface area (Å²) in [4.78, 5) is 15.2. The van der Waals surface area contributed by atoms with Gasteiger partial charge in [-0.15, -0.1) is 0 Å². The summed E-state index contributed by atoms with van der Waals surface area (Å²) in [7, 11) is 0. The molecule has 0 amide bonds. The van der Waals surface area contributed by atoms with Gasteiger partial charge in [0, 0.05) is 33.4 Å². The number of hydrogen-bond acceptors (Lipinski definition) is 6. The molecule has 0 saturated carbocycles. The molecule has 0 aliphatic carbocycles. The highest BCUT2D eigenvalue weighted by Crippen LogP contribution is 2.31. The molecule has 2 aromatic carbocycles. The predicted molar refractivity (Wildman–Crippen MR) is 127 cm³/mol. The van der Waals surface area contributed by atoms with Crippen LogP contribution in [-0.4, -0.2) is 26.2 Å². The monoisotopic (exact) mass is 458 g/mol. The Hall–Kier alpha value is -3.36. The number of aromatic nitrogens is 4. The van der Waals surface area contributed by atoms with Crippen LogP contribution in [0.2, 0.25) is 0 Å². The van der Waals surface area contributed by atoms with E-state index in [0.29, 0.717) is 11.9 Å². The van der Waals surface area contributed by atoms with E-state index in [1.165, 1.54) is 4.68 Å². The van der Waals surface area contributed by atoms with Crippen molar-refractivity contribution in [2.75, 3.05) is 6.61 Å². The Bertz CT molecular complexity index is 1500. The van der Waals surface area contributed by atoms with Gasteiger partial charge in [0.1, 0.15) is 11.8 Å². The molecule has 1 aliphatic heterocycles. The summed E-state index contributed by atoms with van der Waals surface area (Å²) in [6.07, 6.45) is 8.55. The summed E-state index contributed by atoms with van der Waals surface area (Å²) in [5.74, 6) is 0. The lowest BCUT2D eigenvalue weighted by molar-refractivity contribution is -0.0397. The van der Waals surface area contributed by atoms with Crippen LogP contribution in [0.15, 0.2) is 86.2 Å². The minimum Gasteiger partial charge on any atom is -0.464 e. The molecule has 4 heterocycles. The smallest absolute Gasteiger partial charge is 0.274 e. The van der Waals surface area contributed by atoms with Gasteiger partial charge in [-0.25, -0.2) is 9.36 Å². The van der Waals surface area contributed by atoms with Gasteiger partial charge in [0.25, 0.3) is 5.56 Å². The van der Waals surface area contributed by atoms with Crippen LogP contribution in [0.25, 0.3) is 21.7 Å². The van der Waals surface area contributed by atoms with Crippen molar-refractivity contribution >= 4 is 33.5 Å². The van der Waals surface area contributed by atoms with Crippen LogP contribution < -0.4 is 5.56 Å². The van der Waals surface area contributed by atoms with Gasteiger partial charge in [-0.2, -0.15) is 10.2 Å². The number of hydrogen-bond donors (Lipinski definition) is 0. The van der Waals surface area contributed by atoms with Crippen LogP contribution in [0, 0.1) is 0 Å². The Balaban J connectivity index is 1.23. The van der Waals surface area contributed by atoms with Crippen molar-refractivity contribution in [2.24, 2.45) is 0 Å². The molecule has 7 nitrogen and oxygen atoms in total. The number of rotatable bonds is 5. The van der Waals surface area contributed by atoms with Crippen LogP contribution in [0.4, 0.5) is 0 Å². The van der Waals surface area contributed by atoms with E-state index < -0.39 is 0 Å². The number of benzene rings is 2. The van der Waals surface area contributed by atoms with E-state index in [2.05, 4.69) is 16.3 Å². The van der Waals surface area contributed by atoms with Gasteiger partial charge < -0.3 is 9.15 Å². The third kappa shape index (κ3) is 4.07. The molecule has 0 radical (unpaired) electrons. The van der Waals surface area contributed by atoms with E-state index in [9.17, 15) is 4.79 Å². The maximum absolute atomic E-state index is 13.1. The second-order valence-corrected chi connectivity index (χ2v) is 9.33. The second-order valence-electron chi connectivity index (χ2n) is 8.19. The zero-order chi connectivity index (χ0) is 22.2. The van der Waals surface area contributed by atoms with E-state index in [1.807, 2.05) is 53.3 Å². The predicted octanol–water partition coefficient (Wildman–Crippen LogP) is 5.24. The first-order valence-corrected chi connectivity index (χ1v) is 11.9. The molecule has 3 aromatic heterocycles. The van der Waals surface area contributed by atoms with E-state index in [1.54, 1.807) is 24.2 Å². The second kappa shape index (κ2) is 8.53. The van der Waals surface area contributed by atoms with Gasteiger partial charge in [0.2, 0.25) is 0 Å². The number of nitrogens with zero attached hydrogens (tertiary/aromatic N) is 4. The quantitative estimate of drug-likeness (QED) is 0.359. The lowest BCUT2D eigenvalue weighted by Gasteiger charge is -2.22. The molecule has 0 spiro atoms. The Labute approximate surface area is 194 Å². The minimum absolute atomic E-state index is 0.0149. The van der Waals surface area contributed by atoms with Crippen LogP contribution in [0.1, 0.15) is 31.2 Å². The van der Waals surface area contributed by atoms with E-state index in [-0.39, 0.29) is 11.8 Å². The van der Waals surface area contributed by atoms with Crippen molar-refractivity contribution in [1.82, 2.24) is 19.6 Å². The summed E-state index contributed by atoms with van der Waals surface area (Å²) < 4.78 is 14.5. The Morgan fingerprint density at radius 3 is 2.79 bits per heavy atom. The summed E-state index contributed by atoms with van der Waals surface area (Å²) >= 11 is 1.65. The lowest BCUT2D eigenvalue weighted by Crippen LogP contribution is -2.24. The van der Waals surface area contributed by atoms with Gasteiger partial charge >= 0.3 is 0 Å². The van der Waals surface area contributed by atoms with Crippen molar-refractivity contribution in [3.63, 3.8) is 0 Å². The van der Waals surface area contributed by atoms with Crippen LogP contribution in [0.3, 0.4) is 0 Å². The topological polar surface area (TPSA) is 75.1 Å². The number of fused-ring (bicyclic) bond motifs is 2. The first-order valence-electron chi connectivity index (χ1n) is 11.0. The van der Waals surface area contributed by atoms with Crippen molar-refractivity contribution < 1.29 is 9.15 Å². The molecule has 1 aliphatic rings. The van der Waals surface area contributed by atoms with E-state index in [4.69, 9.17) is 9.15 Å². The summed E-state index contributed by atoms with van der Waals surface area (Å²) in [5.41, 5.74) is 1.55. The van der Waals surface area contributed by atoms with Gasteiger partial charge in [0.05, 0.1) is 30.1 Å². The minimum atomic E-state index is -0.118. The average Bonchev–Trinajstić information content (AvgIpc) is 3.51. The van der Waals surface area contributed by atoms with Crippen molar-refractivity contribution in [3.05, 3.63) is 83.2 Å². The first-order chi connectivity index (χ1) is 16.2. The highest BCUT2D eigenvalue weighted by molar-refractivity contribution is 7.99. The maximum Gasteiger partial charge on any atom is 0.274 e. The zero-order valence-electron chi connectivity index (χ0n) is 17.9. The number of ether oxygens (including phenoxy) is 1. The van der Waals surface area contributed by atoms with E-state index >= 15 is 0 Å². The highest BCUT2D eigenvalue weighted by Gasteiger charge is 2.17. The molecule has 5 aromatic rings. The fourth-order valence-corrected chi connectivity index (χ4v) is 5.11. The van der Waals surface area contributed by atoms with Crippen molar-refractivity contribution in [1.29, 1.82) is 0 Å². The molecular formula is C25H22N4O3S. The van der Waals surface area contributed by atoms with Crippen LogP contribution in [-0.2, 0) is 11.3 Å². The SMILES string of the molecule is O=c1c2ccc(Sc3ccc4occc4c3)cc2cnn1Cc1ccn(C2CCCCO2)n1. The standard InChI is InChI=1S/C25H22N4O3S/c30-25-22-6-4-20(33-21-5-7-23-17(13-21)9-12-31-23)14-18(22)15-26-29(25)16-19-8-10-28(27-19)24-3-1-2-11-32-24/h4-10,12-15,24H,1-3,11,16H2. The maximum atomic E-state index is 13.1. The van der Waals surface area contributed by atoms with Gasteiger partial charge in [-0.1, -0.05) is 11.8 Å². The molecule has 0 bridgehead atoms. The first kappa shape index (κ1) is 20.3. The lowest BCUT2D eigenvalue weighted by atomic mass is 10.2. The summed E-state index contributed by atoms with van der Waals surface area (Å²) in [5, 5.41) is 11.6. The molecule has 1 atom stereocenters. The fourth-order valence-electron chi connectivity index (χ4n) is 4.19.